The summed E-state index contributed by atoms with van der Waals surface area (Å²) in [5, 5.41) is 0.595. The van der Waals surface area contributed by atoms with Gasteiger partial charge in [-0.3, -0.25) is 0 Å². The summed E-state index contributed by atoms with van der Waals surface area (Å²) < 4.78 is 15.0. The molecular weight excluding hydrogens is 149 g/mol. The van der Waals surface area contributed by atoms with Gasteiger partial charge in [0.25, 0.3) is 0 Å². The second-order valence-electron chi connectivity index (χ2n) is 3.09. The van der Waals surface area contributed by atoms with Crippen LogP contribution in [-0.2, 0) is 0 Å². The van der Waals surface area contributed by atoms with Gasteiger partial charge in [0.2, 0.25) is 0 Å². The van der Waals surface area contributed by atoms with Crippen LogP contribution < -0.4 is 0 Å². The van der Waals surface area contributed by atoms with Crippen LogP contribution in [0.5, 0.6) is 0 Å². The number of nitrogens with zero attached hydrogens (tertiary/aromatic N) is 1. The maximum atomic E-state index is 12.8. The van der Waals surface area contributed by atoms with Crippen LogP contribution in [0.2, 0.25) is 0 Å². The van der Waals surface area contributed by atoms with E-state index in [0.717, 1.165) is 13.0 Å². The Morgan fingerprint density at radius 3 is 3.20 bits per heavy atom. The lowest BCUT2D eigenvalue weighted by molar-refractivity contribution is 0.219. The normalized spacial score (nSPS) is 47.1. The molecule has 0 N–H and O–H groups in total. The van der Waals surface area contributed by atoms with E-state index in [0.29, 0.717) is 11.8 Å². The Kier molecular flexibility index (Phi) is 1.87. The van der Waals surface area contributed by atoms with Crippen LogP contribution in [0, 0.1) is 0 Å². The first kappa shape index (κ1) is 6.92. The molecule has 0 aromatic heterocycles. The number of alkyl halides is 1. The number of hydrogen-bond donors (Lipinski definition) is 0. The Bertz CT molecular complexity index is 115. The second-order valence-corrected chi connectivity index (χ2v) is 4.48. The van der Waals surface area contributed by atoms with Crippen molar-refractivity contribution in [3.63, 3.8) is 0 Å². The lowest BCUT2D eigenvalue weighted by atomic mass is 10.1. The van der Waals surface area contributed by atoms with Gasteiger partial charge in [-0.25, -0.2) is 8.70 Å². The van der Waals surface area contributed by atoms with E-state index in [-0.39, 0.29) is 0 Å². The Hall–Kier alpha value is 0.240. The molecule has 58 valence electrons. The number of halogens is 1. The smallest absolute Gasteiger partial charge is 0.115 e. The second kappa shape index (κ2) is 2.70. The molecule has 2 aliphatic heterocycles. The third-order valence-corrected chi connectivity index (χ3v) is 3.51. The quantitative estimate of drug-likeness (QED) is 0.499. The van der Waals surface area contributed by atoms with Crippen molar-refractivity contribution in [2.45, 2.75) is 30.7 Å². The first-order valence-corrected chi connectivity index (χ1v) is 4.74. The molecule has 2 aliphatic rings. The van der Waals surface area contributed by atoms with Gasteiger partial charge < -0.3 is 0 Å². The molecule has 2 unspecified atom stereocenters. The molecule has 0 radical (unpaired) electrons. The van der Waals surface area contributed by atoms with Crippen molar-refractivity contribution in [3.05, 3.63) is 0 Å². The fraction of sp³-hybridized carbons (Fsp3) is 1.00. The molecule has 2 bridgehead atoms. The Morgan fingerprint density at radius 1 is 1.50 bits per heavy atom. The van der Waals surface area contributed by atoms with Gasteiger partial charge in [-0.1, -0.05) is 11.9 Å². The Labute approximate surface area is 65.1 Å². The van der Waals surface area contributed by atoms with Gasteiger partial charge in [0.1, 0.15) is 6.17 Å². The van der Waals surface area contributed by atoms with Crippen LogP contribution in [-0.4, -0.2) is 28.8 Å². The average Bonchev–Trinajstić information content (AvgIpc) is 1.85. The number of hydrogen-bond acceptors (Lipinski definition) is 2. The molecule has 2 saturated heterocycles. The van der Waals surface area contributed by atoms with E-state index in [1.807, 2.05) is 11.9 Å². The monoisotopic (exact) mass is 161 g/mol. The Balaban J connectivity index is 1.98. The lowest BCUT2D eigenvalue weighted by Gasteiger charge is -2.37. The molecule has 0 amide bonds. The minimum absolute atomic E-state index is 0.549. The molecule has 0 aromatic rings. The summed E-state index contributed by atoms with van der Waals surface area (Å²) >= 11 is 1.87. The predicted molar refractivity (Wildman–Crippen MR) is 41.7 cm³/mol. The van der Waals surface area contributed by atoms with Crippen molar-refractivity contribution in [2.75, 3.05) is 13.1 Å². The first-order valence-electron chi connectivity index (χ1n) is 3.90. The van der Waals surface area contributed by atoms with Crippen LogP contribution >= 0.6 is 11.9 Å². The van der Waals surface area contributed by atoms with Gasteiger partial charge in [0.05, 0.1) is 0 Å². The van der Waals surface area contributed by atoms with Crippen LogP contribution in [0.15, 0.2) is 0 Å². The lowest BCUT2D eigenvalue weighted by Crippen LogP contribution is -2.39. The predicted octanol–water partition coefficient (Wildman–Crippen LogP) is 1.84. The summed E-state index contributed by atoms with van der Waals surface area (Å²) in [6.07, 6.45) is 2.74. The maximum absolute atomic E-state index is 12.8. The molecular formula is C7H12FNS. The highest BCUT2D eigenvalue weighted by atomic mass is 32.2. The largest absolute Gasteiger partial charge is 0.247 e. The van der Waals surface area contributed by atoms with E-state index < -0.39 is 6.17 Å². The SMILES string of the molecule is F[C@@H]1CC2CCCN(C1)S2. The van der Waals surface area contributed by atoms with Gasteiger partial charge in [-0.15, -0.1) is 0 Å². The minimum Gasteiger partial charge on any atom is -0.247 e. The standard InChI is InChI=1S/C7H12FNS/c8-6-4-7-2-1-3-9(5-6)10-7/h6-7H,1-5H2/t6-,7?/m1/s1. The zero-order valence-electron chi connectivity index (χ0n) is 5.92. The zero-order chi connectivity index (χ0) is 6.97. The van der Waals surface area contributed by atoms with Crippen molar-refractivity contribution >= 4 is 11.9 Å². The van der Waals surface area contributed by atoms with Crippen LogP contribution in [0.3, 0.4) is 0 Å². The molecule has 2 rings (SSSR count). The molecule has 0 aromatic carbocycles. The fourth-order valence-corrected chi connectivity index (χ4v) is 3.16. The van der Waals surface area contributed by atoms with E-state index in [1.165, 1.54) is 12.8 Å². The molecule has 3 atom stereocenters. The molecule has 0 aliphatic carbocycles. The number of fused-ring (bicyclic) bond motifs is 2. The summed E-state index contributed by atoms with van der Waals surface area (Å²) in [5.41, 5.74) is 0. The third-order valence-electron chi connectivity index (χ3n) is 2.15. The molecule has 3 heteroatoms. The van der Waals surface area contributed by atoms with Crippen molar-refractivity contribution in [1.29, 1.82) is 0 Å². The summed E-state index contributed by atoms with van der Waals surface area (Å²) in [6, 6.07) is 0. The number of rotatable bonds is 0. The fourth-order valence-electron chi connectivity index (χ4n) is 1.69. The van der Waals surface area contributed by atoms with Crippen molar-refractivity contribution < 1.29 is 4.39 Å². The van der Waals surface area contributed by atoms with E-state index in [2.05, 4.69) is 4.31 Å². The van der Waals surface area contributed by atoms with Crippen molar-refractivity contribution in [1.82, 2.24) is 4.31 Å². The van der Waals surface area contributed by atoms with Crippen molar-refractivity contribution in [2.24, 2.45) is 0 Å². The van der Waals surface area contributed by atoms with Crippen molar-refractivity contribution in [3.8, 4) is 0 Å². The van der Waals surface area contributed by atoms with Crippen LogP contribution in [0.1, 0.15) is 19.3 Å². The molecule has 10 heavy (non-hydrogen) atoms. The van der Waals surface area contributed by atoms with Gasteiger partial charge in [-0.2, -0.15) is 0 Å². The van der Waals surface area contributed by atoms with Crippen LogP contribution in [0.25, 0.3) is 0 Å². The van der Waals surface area contributed by atoms with Gasteiger partial charge >= 0.3 is 0 Å². The molecule has 2 heterocycles. The van der Waals surface area contributed by atoms with E-state index >= 15 is 0 Å². The molecule has 1 nitrogen and oxygen atoms in total. The third kappa shape index (κ3) is 1.30. The van der Waals surface area contributed by atoms with Gasteiger partial charge in [-0.05, 0) is 19.3 Å². The molecule has 0 spiro atoms. The topological polar surface area (TPSA) is 3.24 Å². The van der Waals surface area contributed by atoms with Gasteiger partial charge in [0.15, 0.2) is 0 Å². The Morgan fingerprint density at radius 2 is 2.40 bits per heavy atom. The van der Waals surface area contributed by atoms with E-state index in [1.54, 1.807) is 0 Å². The van der Waals surface area contributed by atoms with Gasteiger partial charge in [0, 0.05) is 18.3 Å². The summed E-state index contributed by atoms with van der Waals surface area (Å²) in [5.74, 6) is 0. The van der Waals surface area contributed by atoms with Crippen LogP contribution in [0.4, 0.5) is 4.39 Å². The first-order chi connectivity index (χ1) is 4.84. The zero-order valence-corrected chi connectivity index (χ0v) is 6.74. The minimum atomic E-state index is -0.549. The molecule has 2 fully saturated rings. The van der Waals surface area contributed by atoms with E-state index in [9.17, 15) is 4.39 Å². The highest BCUT2D eigenvalue weighted by molar-refractivity contribution is 7.97. The summed E-state index contributed by atoms with van der Waals surface area (Å²) in [4.78, 5) is 0. The van der Waals surface area contributed by atoms with E-state index in [4.69, 9.17) is 0 Å². The highest BCUT2D eigenvalue weighted by Gasteiger charge is 2.30. The average molecular weight is 161 g/mol. The summed E-state index contributed by atoms with van der Waals surface area (Å²) in [7, 11) is 0. The molecule has 0 saturated carbocycles. The highest BCUT2D eigenvalue weighted by Crippen LogP contribution is 2.35. The maximum Gasteiger partial charge on any atom is 0.115 e. The summed E-state index contributed by atoms with van der Waals surface area (Å²) in [6.45, 7) is 1.77.